The first-order valence-corrected chi connectivity index (χ1v) is 6.96. The normalized spacial score (nSPS) is 12.7. The van der Waals surface area contributed by atoms with Gasteiger partial charge in [0.2, 0.25) is 0 Å². The monoisotopic (exact) mass is 316 g/mol. The van der Waals surface area contributed by atoms with Gasteiger partial charge in [-0.05, 0) is 19.1 Å². The summed E-state index contributed by atoms with van der Waals surface area (Å²) in [5, 5.41) is 11.6. The van der Waals surface area contributed by atoms with Gasteiger partial charge < -0.3 is 9.88 Å². The maximum absolute atomic E-state index is 13.5. The summed E-state index contributed by atoms with van der Waals surface area (Å²) in [7, 11) is 1.89. The van der Waals surface area contributed by atoms with Crippen molar-refractivity contribution in [3.05, 3.63) is 45.7 Å². The first kappa shape index (κ1) is 15.2. The SMILES string of the molecule is CC(NCCc1nncn1C)c1c(Cl)ccc(F)c1Cl. The van der Waals surface area contributed by atoms with Crippen LogP contribution in [0.5, 0.6) is 0 Å². The summed E-state index contributed by atoms with van der Waals surface area (Å²) in [6, 6.07) is 2.62. The number of rotatable bonds is 5. The molecule has 0 saturated heterocycles. The first-order valence-electron chi connectivity index (χ1n) is 6.20. The van der Waals surface area contributed by atoms with E-state index in [-0.39, 0.29) is 11.1 Å². The van der Waals surface area contributed by atoms with Crippen molar-refractivity contribution in [3.8, 4) is 0 Å². The van der Waals surface area contributed by atoms with Gasteiger partial charge >= 0.3 is 0 Å². The Kier molecular flexibility index (Phi) is 4.96. The quantitative estimate of drug-likeness (QED) is 0.862. The third kappa shape index (κ3) is 3.29. The molecule has 1 aromatic heterocycles. The van der Waals surface area contributed by atoms with E-state index in [2.05, 4.69) is 15.5 Å². The van der Waals surface area contributed by atoms with Crippen molar-refractivity contribution in [2.45, 2.75) is 19.4 Å². The standard InChI is InChI=1S/C13H15Cl2FN4/c1-8(12-9(14)3-4-10(16)13(12)15)17-6-5-11-19-18-7-20(11)2/h3-4,7-8,17H,5-6H2,1-2H3. The molecule has 1 atom stereocenters. The van der Waals surface area contributed by atoms with Gasteiger partial charge in [-0.25, -0.2) is 4.39 Å². The van der Waals surface area contributed by atoms with Crippen LogP contribution in [0.25, 0.3) is 0 Å². The lowest BCUT2D eigenvalue weighted by molar-refractivity contribution is 0.557. The highest BCUT2D eigenvalue weighted by Gasteiger charge is 2.16. The second-order valence-corrected chi connectivity index (χ2v) is 5.33. The van der Waals surface area contributed by atoms with Crippen LogP contribution >= 0.6 is 23.2 Å². The fourth-order valence-electron chi connectivity index (χ4n) is 1.98. The molecule has 0 aliphatic heterocycles. The summed E-state index contributed by atoms with van der Waals surface area (Å²) in [5.41, 5.74) is 0.575. The zero-order chi connectivity index (χ0) is 14.7. The highest BCUT2D eigenvalue weighted by atomic mass is 35.5. The average molecular weight is 317 g/mol. The van der Waals surface area contributed by atoms with Crippen molar-refractivity contribution in [1.29, 1.82) is 0 Å². The fourth-order valence-corrected chi connectivity index (χ4v) is 2.67. The van der Waals surface area contributed by atoms with Gasteiger partial charge in [-0.1, -0.05) is 23.2 Å². The van der Waals surface area contributed by atoms with E-state index in [0.717, 1.165) is 5.82 Å². The summed E-state index contributed by atoms with van der Waals surface area (Å²) >= 11 is 12.1. The minimum Gasteiger partial charge on any atom is -0.321 e. The second-order valence-electron chi connectivity index (χ2n) is 4.54. The summed E-state index contributed by atoms with van der Waals surface area (Å²) in [4.78, 5) is 0. The van der Waals surface area contributed by atoms with E-state index in [4.69, 9.17) is 23.2 Å². The maximum Gasteiger partial charge on any atom is 0.142 e. The van der Waals surface area contributed by atoms with Crippen LogP contribution in [0, 0.1) is 5.82 Å². The van der Waals surface area contributed by atoms with Crippen LogP contribution in [0.3, 0.4) is 0 Å². The number of nitrogens with one attached hydrogen (secondary N) is 1. The summed E-state index contributed by atoms with van der Waals surface area (Å²) in [6.45, 7) is 2.56. The molecule has 108 valence electrons. The fraction of sp³-hybridized carbons (Fsp3) is 0.385. The number of aromatic nitrogens is 3. The number of nitrogens with zero attached hydrogens (tertiary/aromatic N) is 3. The molecule has 0 aliphatic carbocycles. The Morgan fingerprint density at radius 1 is 1.40 bits per heavy atom. The first-order chi connectivity index (χ1) is 9.50. The van der Waals surface area contributed by atoms with Gasteiger partial charge in [-0.2, -0.15) is 0 Å². The lowest BCUT2D eigenvalue weighted by atomic mass is 10.1. The van der Waals surface area contributed by atoms with Crippen molar-refractivity contribution in [1.82, 2.24) is 20.1 Å². The third-order valence-electron chi connectivity index (χ3n) is 3.12. The van der Waals surface area contributed by atoms with Gasteiger partial charge in [0, 0.05) is 36.6 Å². The molecule has 1 aromatic carbocycles. The van der Waals surface area contributed by atoms with Crippen molar-refractivity contribution in [2.24, 2.45) is 7.05 Å². The highest BCUT2D eigenvalue weighted by molar-refractivity contribution is 6.36. The Labute approximate surface area is 126 Å². The smallest absolute Gasteiger partial charge is 0.142 e. The molecule has 0 amide bonds. The Morgan fingerprint density at radius 3 is 2.80 bits per heavy atom. The van der Waals surface area contributed by atoms with Gasteiger partial charge in [-0.3, -0.25) is 0 Å². The van der Waals surface area contributed by atoms with E-state index in [1.807, 2.05) is 18.5 Å². The van der Waals surface area contributed by atoms with Crippen LogP contribution in [0.4, 0.5) is 4.39 Å². The van der Waals surface area contributed by atoms with E-state index in [0.29, 0.717) is 23.6 Å². The molecule has 0 saturated carbocycles. The molecule has 20 heavy (non-hydrogen) atoms. The summed E-state index contributed by atoms with van der Waals surface area (Å²) < 4.78 is 15.3. The van der Waals surface area contributed by atoms with Gasteiger partial charge in [0.1, 0.15) is 18.0 Å². The van der Waals surface area contributed by atoms with Crippen LogP contribution in [-0.4, -0.2) is 21.3 Å². The zero-order valence-corrected chi connectivity index (χ0v) is 12.7. The molecular weight excluding hydrogens is 302 g/mol. The number of hydrogen-bond acceptors (Lipinski definition) is 3. The average Bonchev–Trinajstić information content (AvgIpc) is 2.80. The van der Waals surface area contributed by atoms with Crippen LogP contribution in [-0.2, 0) is 13.5 Å². The van der Waals surface area contributed by atoms with Crippen LogP contribution < -0.4 is 5.32 Å². The van der Waals surface area contributed by atoms with E-state index in [1.165, 1.54) is 12.1 Å². The topological polar surface area (TPSA) is 42.7 Å². The molecule has 0 radical (unpaired) electrons. The van der Waals surface area contributed by atoms with Gasteiger partial charge in [0.05, 0.1) is 5.02 Å². The minimum absolute atomic E-state index is 0.0659. The Hall–Kier alpha value is -1.17. The second kappa shape index (κ2) is 6.52. The van der Waals surface area contributed by atoms with Gasteiger partial charge in [0.25, 0.3) is 0 Å². The van der Waals surface area contributed by atoms with Crippen molar-refractivity contribution in [3.63, 3.8) is 0 Å². The molecule has 0 spiro atoms. The van der Waals surface area contributed by atoms with Crippen LogP contribution in [0.15, 0.2) is 18.5 Å². The predicted molar refractivity (Wildman–Crippen MR) is 77.5 cm³/mol. The summed E-state index contributed by atoms with van der Waals surface area (Å²) in [6.07, 6.45) is 2.37. The van der Waals surface area contributed by atoms with Gasteiger partial charge in [0.15, 0.2) is 0 Å². The van der Waals surface area contributed by atoms with Crippen molar-refractivity contribution in [2.75, 3.05) is 6.54 Å². The number of hydrogen-bond donors (Lipinski definition) is 1. The van der Waals surface area contributed by atoms with E-state index >= 15 is 0 Å². The third-order valence-corrected chi connectivity index (χ3v) is 3.83. The van der Waals surface area contributed by atoms with Crippen LogP contribution in [0.1, 0.15) is 24.4 Å². The number of halogens is 3. The molecule has 2 aromatic rings. The van der Waals surface area contributed by atoms with Crippen molar-refractivity contribution < 1.29 is 4.39 Å². The lowest BCUT2D eigenvalue weighted by Gasteiger charge is -2.17. The van der Waals surface area contributed by atoms with E-state index < -0.39 is 5.82 Å². The molecule has 1 unspecified atom stereocenters. The summed E-state index contributed by atoms with van der Waals surface area (Å²) in [5.74, 6) is 0.411. The molecule has 7 heteroatoms. The minimum atomic E-state index is -0.465. The number of aryl methyl sites for hydroxylation is 1. The molecule has 0 aliphatic rings. The Bertz CT molecular complexity index is 600. The largest absolute Gasteiger partial charge is 0.321 e. The Morgan fingerprint density at radius 2 is 2.15 bits per heavy atom. The molecule has 1 N–H and O–H groups in total. The number of benzene rings is 1. The van der Waals surface area contributed by atoms with E-state index in [1.54, 1.807) is 6.33 Å². The van der Waals surface area contributed by atoms with Crippen LogP contribution in [0.2, 0.25) is 10.0 Å². The maximum atomic E-state index is 13.5. The highest BCUT2D eigenvalue weighted by Crippen LogP contribution is 2.32. The van der Waals surface area contributed by atoms with Gasteiger partial charge in [-0.15, -0.1) is 10.2 Å². The predicted octanol–water partition coefficient (Wildman–Crippen LogP) is 3.15. The zero-order valence-electron chi connectivity index (χ0n) is 11.2. The van der Waals surface area contributed by atoms with Crippen molar-refractivity contribution >= 4 is 23.2 Å². The Balaban J connectivity index is 2.00. The van der Waals surface area contributed by atoms with E-state index in [9.17, 15) is 4.39 Å². The molecule has 4 nitrogen and oxygen atoms in total. The molecular formula is C13H15Cl2FN4. The lowest BCUT2D eigenvalue weighted by Crippen LogP contribution is -2.23. The molecule has 2 rings (SSSR count). The molecule has 0 fully saturated rings. The molecule has 1 heterocycles. The molecule has 0 bridgehead atoms.